The average molecular weight is 463 g/mol. The van der Waals surface area contributed by atoms with Gasteiger partial charge in [0.1, 0.15) is 10.6 Å². The van der Waals surface area contributed by atoms with Gasteiger partial charge in [0.25, 0.3) is 15.9 Å². The number of anilines is 2. The number of nitrogens with zero attached hydrogens (tertiary/aromatic N) is 4. The number of halogens is 1. The van der Waals surface area contributed by atoms with Gasteiger partial charge in [-0.2, -0.15) is 4.98 Å². The second kappa shape index (κ2) is 8.20. The van der Waals surface area contributed by atoms with E-state index in [1.165, 1.54) is 21.3 Å². The van der Waals surface area contributed by atoms with Crippen molar-refractivity contribution in [3.8, 4) is 5.75 Å². The minimum Gasteiger partial charge on any atom is -0.482 e. The number of para-hydroxylation sites is 1. The van der Waals surface area contributed by atoms with Gasteiger partial charge >= 0.3 is 0 Å². The lowest BCUT2D eigenvalue weighted by Crippen LogP contribution is -2.39. The van der Waals surface area contributed by atoms with E-state index >= 15 is 0 Å². The third kappa shape index (κ3) is 3.96. The summed E-state index contributed by atoms with van der Waals surface area (Å²) in [5.41, 5.74) is 0.856. The Labute approximate surface area is 184 Å². The highest BCUT2D eigenvalue weighted by Gasteiger charge is 2.32. The van der Waals surface area contributed by atoms with Crippen LogP contribution in [0.25, 0.3) is 0 Å². The number of amides is 1. The lowest BCUT2D eigenvalue weighted by molar-refractivity contribution is -0.121. The number of fused-ring (bicyclic) bond motifs is 1. The first-order valence-corrected chi connectivity index (χ1v) is 11.3. The van der Waals surface area contributed by atoms with E-state index in [1.807, 2.05) is 0 Å². The van der Waals surface area contributed by atoms with Crippen LogP contribution < -0.4 is 13.9 Å². The number of aromatic nitrogens is 2. The largest absolute Gasteiger partial charge is 0.482 e. The van der Waals surface area contributed by atoms with Crippen LogP contribution in [-0.2, 0) is 21.4 Å². The monoisotopic (exact) mass is 462 g/mol. The molecular formula is C20H19ClN4O5S. The lowest BCUT2D eigenvalue weighted by atomic mass is 10.2. The molecule has 0 N–H and O–H groups in total. The van der Waals surface area contributed by atoms with Crippen LogP contribution in [0.3, 0.4) is 0 Å². The predicted octanol–water partition coefficient (Wildman–Crippen LogP) is 3.17. The zero-order chi connectivity index (χ0) is 22.2. The van der Waals surface area contributed by atoms with Gasteiger partial charge in [-0.15, -0.1) is 0 Å². The summed E-state index contributed by atoms with van der Waals surface area (Å²) in [7, 11) is -3.98. The summed E-state index contributed by atoms with van der Waals surface area (Å²) < 4.78 is 38.5. The molecule has 0 bridgehead atoms. The van der Waals surface area contributed by atoms with Gasteiger partial charge in [0.15, 0.2) is 12.4 Å². The van der Waals surface area contributed by atoms with E-state index in [0.717, 1.165) is 0 Å². The van der Waals surface area contributed by atoms with E-state index in [-0.39, 0.29) is 41.3 Å². The lowest BCUT2D eigenvalue weighted by Gasteiger charge is -2.30. The Kier molecular flexibility index (Phi) is 5.59. The van der Waals surface area contributed by atoms with Crippen molar-refractivity contribution in [3.63, 3.8) is 0 Å². The average Bonchev–Trinajstić information content (AvgIpc) is 3.16. The van der Waals surface area contributed by atoms with E-state index in [2.05, 4.69) is 10.1 Å². The maximum absolute atomic E-state index is 13.4. The van der Waals surface area contributed by atoms with Crippen molar-refractivity contribution in [2.24, 2.45) is 0 Å². The van der Waals surface area contributed by atoms with E-state index in [9.17, 15) is 13.2 Å². The maximum atomic E-state index is 13.4. The Morgan fingerprint density at radius 3 is 2.61 bits per heavy atom. The molecule has 0 saturated heterocycles. The van der Waals surface area contributed by atoms with Crippen LogP contribution in [0.1, 0.15) is 18.6 Å². The van der Waals surface area contributed by atoms with Gasteiger partial charge in [0.05, 0.1) is 22.9 Å². The fourth-order valence-electron chi connectivity index (χ4n) is 3.32. The summed E-state index contributed by atoms with van der Waals surface area (Å²) in [5.74, 6) is 0.580. The van der Waals surface area contributed by atoms with E-state index in [4.69, 9.17) is 20.9 Å². The molecule has 1 aliphatic rings. The molecular weight excluding hydrogens is 444 g/mol. The van der Waals surface area contributed by atoms with Gasteiger partial charge in [-0.25, -0.2) is 8.42 Å². The molecule has 162 valence electrons. The Morgan fingerprint density at radius 2 is 1.97 bits per heavy atom. The minimum absolute atomic E-state index is 0.0271. The van der Waals surface area contributed by atoms with Crippen LogP contribution in [0.5, 0.6) is 5.75 Å². The molecule has 1 amide bonds. The van der Waals surface area contributed by atoms with Crippen LogP contribution in [0, 0.1) is 6.92 Å². The molecule has 9 nitrogen and oxygen atoms in total. The summed E-state index contributed by atoms with van der Waals surface area (Å²) in [6.07, 6.45) is 0. The van der Waals surface area contributed by atoms with Crippen LogP contribution >= 0.6 is 11.6 Å². The number of rotatable bonds is 6. The number of ether oxygens (including phenoxy) is 1. The second-order valence-corrected chi connectivity index (χ2v) is 8.99. The second-order valence-electron chi connectivity index (χ2n) is 6.75. The molecule has 0 aliphatic carbocycles. The molecule has 11 heteroatoms. The minimum atomic E-state index is -3.98. The predicted molar refractivity (Wildman–Crippen MR) is 114 cm³/mol. The number of hydrogen-bond acceptors (Lipinski definition) is 7. The van der Waals surface area contributed by atoms with Gasteiger partial charge in [-0.05, 0) is 25.1 Å². The SMILES string of the molecule is CCN(c1ccccc1)S(=O)(=O)c1cc2c(cc1Cl)N(Cc1noc(C)n1)C(=O)CO2. The highest BCUT2D eigenvalue weighted by Crippen LogP contribution is 2.40. The van der Waals surface area contributed by atoms with Crippen molar-refractivity contribution >= 4 is 38.9 Å². The zero-order valence-electron chi connectivity index (χ0n) is 16.8. The quantitative estimate of drug-likeness (QED) is 0.553. The molecule has 2 aromatic carbocycles. The molecule has 0 atom stereocenters. The molecule has 0 fully saturated rings. The Morgan fingerprint density at radius 1 is 1.23 bits per heavy atom. The summed E-state index contributed by atoms with van der Waals surface area (Å²) >= 11 is 6.41. The molecule has 0 unspecified atom stereocenters. The highest BCUT2D eigenvalue weighted by atomic mass is 35.5. The fraction of sp³-hybridized carbons (Fsp3) is 0.250. The molecule has 0 saturated carbocycles. The molecule has 31 heavy (non-hydrogen) atoms. The molecule has 0 radical (unpaired) electrons. The van der Waals surface area contributed by atoms with Crippen LogP contribution in [-0.4, -0.2) is 37.6 Å². The summed E-state index contributed by atoms with van der Waals surface area (Å²) in [4.78, 5) is 17.8. The summed E-state index contributed by atoms with van der Waals surface area (Å²) in [6, 6.07) is 11.5. The first kappa shape index (κ1) is 21.1. The van der Waals surface area contributed by atoms with Crippen molar-refractivity contribution in [2.45, 2.75) is 25.3 Å². The molecule has 1 aromatic heterocycles. The van der Waals surface area contributed by atoms with Gasteiger partial charge < -0.3 is 9.26 Å². The Hall–Kier alpha value is -3.11. The zero-order valence-corrected chi connectivity index (χ0v) is 18.4. The maximum Gasteiger partial charge on any atom is 0.265 e. The number of sulfonamides is 1. The number of carbonyl (C=O) groups is 1. The van der Waals surface area contributed by atoms with Gasteiger partial charge in [0, 0.05) is 19.5 Å². The third-order valence-corrected chi connectivity index (χ3v) is 7.09. The number of hydrogen-bond donors (Lipinski definition) is 0. The molecule has 3 aromatic rings. The Bertz CT molecular complexity index is 1230. The topological polar surface area (TPSA) is 106 Å². The number of carbonyl (C=O) groups excluding carboxylic acids is 1. The van der Waals surface area contributed by atoms with Crippen molar-refractivity contribution in [1.82, 2.24) is 10.1 Å². The van der Waals surface area contributed by atoms with Crippen molar-refractivity contribution in [2.75, 3.05) is 22.4 Å². The van der Waals surface area contributed by atoms with Crippen molar-refractivity contribution in [1.29, 1.82) is 0 Å². The molecule has 1 aliphatic heterocycles. The normalized spacial score (nSPS) is 13.6. The number of aryl methyl sites for hydroxylation is 1. The summed E-state index contributed by atoms with van der Waals surface area (Å²) in [5, 5.41) is 3.78. The summed E-state index contributed by atoms with van der Waals surface area (Å²) in [6.45, 7) is 3.38. The number of benzene rings is 2. The first-order chi connectivity index (χ1) is 14.8. The standard InChI is InChI=1S/C20H19ClN4O5S/c1-3-25(14-7-5-4-6-8-14)31(27,28)18-10-17-16(9-15(18)21)24(20(26)12-29-17)11-19-22-13(2)30-23-19/h4-10H,3,11-12H2,1-2H3. The highest BCUT2D eigenvalue weighted by molar-refractivity contribution is 7.93. The van der Waals surface area contributed by atoms with Gasteiger partial charge in [-0.1, -0.05) is 35.0 Å². The van der Waals surface area contributed by atoms with E-state index < -0.39 is 10.0 Å². The van der Waals surface area contributed by atoms with Gasteiger partial charge in [0.2, 0.25) is 5.89 Å². The fourth-order valence-corrected chi connectivity index (χ4v) is 5.31. The van der Waals surface area contributed by atoms with Crippen molar-refractivity contribution in [3.05, 3.63) is 59.2 Å². The smallest absolute Gasteiger partial charge is 0.265 e. The molecule has 0 spiro atoms. The van der Waals surface area contributed by atoms with Crippen LogP contribution in [0.15, 0.2) is 51.9 Å². The van der Waals surface area contributed by atoms with E-state index in [1.54, 1.807) is 44.2 Å². The van der Waals surface area contributed by atoms with Crippen LogP contribution in [0.4, 0.5) is 11.4 Å². The van der Waals surface area contributed by atoms with Crippen molar-refractivity contribution < 1.29 is 22.5 Å². The van der Waals surface area contributed by atoms with Crippen LogP contribution in [0.2, 0.25) is 5.02 Å². The third-order valence-electron chi connectivity index (χ3n) is 4.73. The molecule has 2 heterocycles. The molecule has 4 rings (SSSR count). The van der Waals surface area contributed by atoms with Gasteiger partial charge in [-0.3, -0.25) is 14.0 Å². The Balaban J connectivity index is 1.74. The first-order valence-electron chi connectivity index (χ1n) is 9.45. The van der Waals surface area contributed by atoms with E-state index in [0.29, 0.717) is 23.1 Å².